The molecule has 174 valence electrons. The zero-order chi connectivity index (χ0) is 23.0. The quantitative estimate of drug-likeness (QED) is 0.333. The third-order valence-electron chi connectivity index (χ3n) is 7.78. The van der Waals surface area contributed by atoms with Crippen LogP contribution >= 0.6 is 23.2 Å². The van der Waals surface area contributed by atoms with Crippen LogP contribution in [0.3, 0.4) is 0 Å². The fourth-order valence-corrected chi connectivity index (χ4v) is 6.53. The Morgan fingerprint density at radius 2 is 1.94 bits per heavy atom. The van der Waals surface area contributed by atoms with E-state index < -0.39 is 5.97 Å². The first-order valence-electron chi connectivity index (χ1n) is 12.1. The van der Waals surface area contributed by atoms with Crippen LogP contribution in [0.2, 0.25) is 10.0 Å². The predicted molar refractivity (Wildman–Crippen MR) is 133 cm³/mol. The first-order chi connectivity index (χ1) is 16.0. The van der Waals surface area contributed by atoms with Crippen molar-refractivity contribution in [3.63, 3.8) is 0 Å². The Morgan fingerprint density at radius 3 is 2.73 bits per heavy atom. The lowest BCUT2D eigenvalue weighted by atomic mass is 9.75. The standard InChI is InChI=1S/C28H30Cl2O3/c29-23-7-3-8-24(30)27(23)21-16-20(21)19-10-11-22-25(15-19)33-17-28(22)13-4-6-18(12-14-28)5-1-2-9-26(31)32/h3,5,7-8,10-11,15,20-21H,1-2,4,6,9,12-14,16-17H2,(H,31,32). The van der Waals surface area contributed by atoms with E-state index in [1.165, 1.54) is 16.7 Å². The minimum Gasteiger partial charge on any atom is -0.492 e. The van der Waals surface area contributed by atoms with Crippen LogP contribution in [0.1, 0.15) is 86.3 Å². The van der Waals surface area contributed by atoms with Gasteiger partial charge in [-0.15, -0.1) is 0 Å². The van der Waals surface area contributed by atoms with Crippen LogP contribution in [0.15, 0.2) is 48.0 Å². The lowest BCUT2D eigenvalue weighted by Crippen LogP contribution is -2.27. The summed E-state index contributed by atoms with van der Waals surface area (Å²) in [5.41, 5.74) is 5.36. The predicted octanol–water partition coefficient (Wildman–Crippen LogP) is 8.04. The van der Waals surface area contributed by atoms with Gasteiger partial charge in [0.05, 0.1) is 6.61 Å². The molecule has 2 fully saturated rings. The number of aliphatic carboxylic acids is 1. The van der Waals surface area contributed by atoms with Gasteiger partial charge in [0.1, 0.15) is 5.75 Å². The maximum Gasteiger partial charge on any atom is 0.303 e. The monoisotopic (exact) mass is 484 g/mol. The van der Waals surface area contributed by atoms with Gasteiger partial charge in [-0.1, -0.05) is 53.1 Å². The molecule has 5 heteroatoms. The molecule has 3 atom stereocenters. The lowest BCUT2D eigenvalue weighted by Gasteiger charge is -2.26. The summed E-state index contributed by atoms with van der Waals surface area (Å²) in [5.74, 6) is 1.17. The highest BCUT2D eigenvalue weighted by atomic mass is 35.5. The van der Waals surface area contributed by atoms with Gasteiger partial charge >= 0.3 is 5.97 Å². The van der Waals surface area contributed by atoms with E-state index in [1.54, 1.807) is 0 Å². The van der Waals surface area contributed by atoms with Gasteiger partial charge in [-0.25, -0.2) is 0 Å². The molecule has 2 saturated carbocycles. The summed E-state index contributed by atoms with van der Waals surface area (Å²) in [6.07, 6.45) is 10.8. The van der Waals surface area contributed by atoms with Gasteiger partial charge < -0.3 is 9.84 Å². The Bertz CT molecular complexity index is 1070. The third-order valence-corrected chi connectivity index (χ3v) is 8.43. The average molecular weight is 485 g/mol. The molecule has 3 nitrogen and oxygen atoms in total. The van der Waals surface area contributed by atoms with Crippen LogP contribution in [0.25, 0.3) is 0 Å². The Hall–Kier alpha value is -1.97. The van der Waals surface area contributed by atoms with E-state index in [-0.39, 0.29) is 11.8 Å². The van der Waals surface area contributed by atoms with E-state index in [9.17, 15) is 4.79 Å². The van der Waals surface area contributed by atoms with Crippen molar-refractivity contribution in [2.24, 2.45) is 0 Å². The molecule has 0 saturated heterocycles. The van der Waals surface area contributed by atoms with Crippen molar-refractivity contribution >= 4 is 29.2 Å². The van der Waals surface area contributed by atoms with Crippen LogP contribution in [0, 0.1) is 0 Å². The van der Waals surface area contributed by atoms with E-state index >= 15 is 0 Å². The van der Waals surface area contributed by atoms with Gasteiger partial charge in [-0.05, 0) is 92.5 Å². The molecule has 3 aliphatic rings. The van der Waals surface area contributed by atoms with E-state index in [1.807, 2.05) is 18.2 Å². The van der Waals surface area contributed by atoms with Gasteiger partial charge in [-0.3, -0.25) is 4.79 Å². The molecule has 0 aromatic heterocycles. The van der Waals surface area contributed by atoms with E-state index in [0.29, 0.717) is 11.8 Å². The van der Waals surface area contributed by atoms with Gasteiger partial charge in [0.25, 0.3) is 0 Å². The Morgan fingerprint density at radius 1 is 1.12 bits per heavy atom. The number of allylic oxidation sites excluding steroid dienone is 2. The number of carboxylic acids is 1. The maximum atomic E-state index is 10.7. The second kappa shape index (κ2) is 9.35. The molecule has 1 N–H and O–H groups in total. The molecular formula is C28H30Cl2O3. The zero-order valence-corrected chi connectivity index (χ0v) is 20.3. The normalized spacial score (nSPS) is 27.3. The maximum absolute atomic E-state index is 10.7. The molecule has 0 radical (unpaired) electrons. The summed E-state index contributed by atoms with van der Waals surface area (Å²) in [5, 5.41) is 10.4. The number of fused-ring (bicyclic) bond motifs is 2. The molecular weight excluding hydrogens is 455 g/mol. The molecule has 5 rings (SSSR count). The molecule has 2 aromatic rings. The van der Waals surface area contributed by atoms with Crippen LogP contribution in [-0.4, -0.2) is 17.7 Å². The van der Waals surface area contributed by atoms with Crippen LogP contribution < -0.4 is 4.74 Å². The summed E-state index contributed by atoms with van der Waals surface area (Å²) >= 11 is 12.9. The number of rotatable bonds is 6. The number of ether oxygens (including phenoxy) is 1. The van der Waals surface area contributed by atoms with E-state index in [4.69, 9.17) is 33.0 Å². The molecule has 1 spiro atoms. The molecule has 2 aromatic carbocycles. The minimum atomic E-state index is -0.709. The number of halogens is 2. The summed E-state index contributed by atoms with van der Waals surface area (Å²) in [6, 6.07) is 12.6. The van der Waals surface area contributed by atoms with Crippen molar-refractivity contribution < 1.29 is 14.6 Å². The second-order valence-corrected chi connectivity index (χ2v) is 10.7. The Balaban J connectivity index is 1.28. The van der Waals surface area contributed by atoms with E-state index in [2.05, 4.69) is 24.3 Å². The highest BCUT2D eigenvalue weighted by molar-refractivity contribution is 6.36. The number of hydrogen-bond acceptors (Lipinski definition) is 2. The second-order valence-electron chi connectivity index (χ2n) is 9.91. The minimum absolute atomic E-state index is 0.111. The molecule has 2 aliphatic carbocycles. The van der Waals surface area contributed by atoms with Crippen LogP contribution in [0.5, 0.6) is 5.75 Å². The Labute approximate surface area is 205 Å². The number of carboxylic acid groups (broad SMARTS) is 1. The smallest absolute Gasteiger partial charge is 0.303 e. The molecule has 1 aliphatic heterocycles. The van der Waals surface area contributed by atoms with Crippen molar-refractivity contribution in [3.8, 4) is 5.75 Å². The summed E-state index contributed by atoms with van der Waals surface area (Å²) in [7, 11) is 0. The van der Waals surface area contributed by atoms with Crippen molar-refractivity contribution in [1.29, 1.82) is 0 Å². The fourth-order valence-electron chi connectivity index (χ4n) is 5.85. The molecule has 0 amide bonds. The number of carbonyl (C=O) groups is 1. The number of hydrogen-bond donors (Lipinski definition) is 1. The largest absolute Gasteiger partial charge is 0.492 e. The highest BCUT2D eigenvalue weighted by Gasteiger charge is 2.45. The van der Waals surface area contributed by atoms with Crippen molar-refractivity contribution in [3.05, 3.63) is 74.8 Å². The van der Waals surface area contributed by atoms with Crippen LogP contribution in [-0.2, 0) is 10.2 Å². The van der Waals surface area contributed by atoms with Gasteiger partial charge in [0.15, 0.2) is 0 Å². The van der Waals surface area contributed by atoms with Crippen molar-refractivity contribution in [2.45, 2.75) is 75.0 Å². The van der Waals surface area contributed by atoms with Gasteiger partial charge in [0.2, 0.25) is 0 Å². The summed E-state index contributed by atoms with van der Waals surface area (Å²) in [6.45, 7) is 0.766. The number of benzene rings is 2. The first-order valence-corrected chi connectivity index (χ1v) is 12.8. The fraction of sp³-hybridized carbons (Fsp3) is 0.464. The molecule has 3 unspecified atom stereocenters. The van der Waals surface area contributed by atoms with Crippen LogP contribution in [0.4, 0.5) is 0 Å². The van der Waals surface area contributed by atoms with Crippen molar-refractivity contribution in [1.82, 2.24) is 0 Å². The number of unbranched alkanes of at least 4 members (excludes halogenated alkanes) is 1. The summed E-state index contributed by atoms with van der Waals surface area (Å²) in [4.78, 5) is 10.7. The highest BCUT2D eigenvalue weighted by Crippen LogP contribution is 2.59. The molecule has 0 bridgehead atoms. The molecule has 33 heavy (non-hydrogen) atoms. The first kappa shape index (κ1) is 22.8. The topological polar surface area (TPSA) is 46.5 Å². The van der Waals surface area contributed by atoms with Crippen molar-refractivity contribution in [2.75, 3.05) is 6.61 Å². The molecule has 1 heterocycles. The lowest BCUT2D eigenvalue weighted by molar-refractivity contribution is -0.137. The Kier molecular flexibility index (Phi) is 6.46. The summed E-state index contributed by atoms with van der Waals surface area (Å²) < 4.78 is 6.28. The van der Waals surface area contributed by atoms with Gasteiger partial charge in [-0.2, -0.15) is 0 Å². The van der Waals surface area contributed by atoms with Gasteiger partial charge in [0, 0.05) is 27.4 Å². The average Bonchev–Trinajstić information content (AvgIpc) is 3.52. The SMILES string of the molecule is O=C(O)CCCC=C1CCCC2(CC1)COc1cc(C3CC3c3c(Cl)cccc3Cl)ccc12. The zero-order valence-electron chi connectivity index (χ0n) is 18.8. The van der Waals surface area contributed by atoms with E-state index in [0.717, 1.165) is 79.3 Å². The third kappa shape index (κ3) is 4.68.